The van der Waals surface area contributed by atoms with Gasteiger partial charge in [0.1, 0.15) is 5.00 Å². The number of carbonyl (C=O) groups excluding carboxylic acids is 1. The van der Waals surface area contributed by atoms with E-state index in [2.05, 4.69) is 52.7 Å². The summed E-state index contributed by atoms with van der Waals surface area (Å²) in [6, 6.07) is 6.22. The van der Waals surface area contributed by atoms with Crippen LogP contribution in [-0.2, 0) is 0 Å². The van der Waals surface area contributed by atoms with Crippen LogP contribution in [0, 0.1) is 13.8 Å². The van der Waals surface area contributed by atoms with Gasteiger partial charge >= 0.3 is 0 Å². The number of carbonyl (C=O) groups is 1. The third-order valence-corrected chi connectivity index (χ3v) is 8.46. The van der Waals surface area contributed by atoms with Crippen molar-refractivity contribution < 1.29 is 4.79 Å². The molecule has 1 aliphatic heterocycles. The van der Waals surface area contributed by atoms with Crippen LogP contribution in [0.2, 0.25) is 0 Å². The smallest absolute Gasteiger partial charge is 0.266 e. The Labute approximate surface area is 184 Å². The topological polar surface area (TPSA) is 35.6 Å². The predicted molar refractivity (Wildman–Crippen MR) is 126 cm³/mol. The van der Waals surface area contributed by atoms with Gasteiger partial charge in [0.05, 0.1) is 10.9 Å². The first-order chi connectivity index (χ1) is 14.1. The van der Waals surface area contributed by atoms with Gasteiger partial charge in [0, 0.05) is 36.6 Å². The van der Waals surface area contributed by atoms with Gasteiger partial charge in [-0.15, -0.1) is 22.7 Å². The SMILES string of the molecule is CCN1CCN([C@H](c2ccsc2)c2c(NC(=O)c3cccs3)sc(C)c2C)CC1. The van der Waals surface area contributed by atoms with Crippen LogP contribution in [0.5, 0.6) is 0 Å². The summed E-state index contributed by atoms with van der Waals surface area (Å²) in [6.07, 6.45) is 0. The van der Waals surface area contributed by atoms with E-state index >= 15 is 0 Å². The van der Waals surface area contributed by atoms with Gasteiger partial charge in [-0.3, -0.25) is 9.69 Å². The Bertz CT molecular complexity index is 939. The van der Waals surface area contributed by atoms with Crippen molar-refractivity contribution in [3.63, 3.8) is 0 Å². The standard InChI is InChI=1S/C22H27N3OS3/c1-4-24-8-10-25(11-9-24)20(17-7-13-27-14-17)19-15(2)16(3)29-22(19)23-21(26)18-6-5-12-28-18/h5-7,12-14,20H,4,8-11H2,1-3H3,(H,23,26)/t20-/m1/s1. The molecule has 0 aliphatic carbocycles. The minimum absolute atomic E-state index is 0.0117. The Morgan fingerprint density at radius 2 is 1.97 bits per heavy atom. The summed E-state index contributed by atoms with van der Waals surface area (Å²) in [7, 11) is 0. The predicted octanol–water partition coefficient (Wildman–Crippen LogP) is 5.47. The number of likely N-dealkylation sites (N-methyl/N-ethyl adjacent to an activating group) is 1. The maximum atomic E-state index is 12.8. The van der Waals surface area contributed by atoms with E-state index in [4.69, 9.17) is 0 Å². The molecule has 3 aromatic heterocycles. The molecule has 1 N–H and O–H groups in total. The number of amides is 1. The minimum atomic E-state index is -0.0117. The number of aryl methyl sites for hydroxylation is 1. The summed E-state index contributed by atoms with van der Waals surface area (Å²) in [5.74, 6) is -0.0117. The molecule has 4 heterocycles. The van der Waals surface area contributed by atoms with Gasteiger partial charge < -0.3 is 10.2 Å². The first-order valence-electron chi connectivity index (χ1n) is 10.0. The molecule has 4 nitrogen and oxygen atoms in total. The highest BCUT2D eigenvalue weighted by molar-refractivity contribution is 7.17. The first-order valence-corrected chi connectivity index (χ1v) is 12.7. The quantitative estimate of drug-likeness (QED) is 0.547. The molecule has 0 bridgehead atoms. The van der Waals surface area contributed by atoms with Crippen molar-refractivity contribution >= 4 is 44.9 Å². The Morgan fingerprint density at radius 1 is 1.17 bits per heavy atom. The second-order valence-electron chi connectivity index (χ2n) is 7.39. The summed E-state index contributed by atoms with van der Waals surface area (Å²) in [4.78, 5) is 19.9. The molecule has 1 aliphatic rings. The van der Waals surface area contributed by atoms with E-state index in [-0.39, 0.29) is 11.9 Å². The third-order valence-electron chi connectivity index (χ3n) is 5.76. The second-order valence-corrected chi connectivity index (χ2v) is 10.3. The number of piperazine rings is 1. The molecule has 0 saturated carbocycles. The molecule has 1 fully saturated rings. The maximum absolute atomic E-state index is 12.8. The molecule has 29 heavy (non-hydrogen) atoms. The van der Waals surface area contributed by atoms with Crippen LogP contribution in [0.25, 0.3) is 0 Å². The van der Waals surface area contributed by atoms with Crippen LogP contribution in [0.15, 0.2) is 34.3 Å². The van der Waals surface area contributed by atoms with Crippen LogP contribution >= 0.6 is 34.0 Å². The summed E-state index contributed by atoms with van der Waals surface area (Å²) in [5.41, 5.74) is 3.89. The Kier molecular flexibility index (Phi) is 6.51. The van der Waals surface area contributed by atoms with Crippen LogP contribution in [-0.4, -0.2) is 48.4 Å². The zero-order valence-corrected chi connectivity index (χ0v) is 19.6. The molecular formula is C22H27N3OS3. The van der Waals surface area contributed by atoms with Crippen LogP contribution in [0.3, 0.4) is 0 Å². The molecule has 1 amide bonds. The van der Waals surface area contributed by atoms with Crippen molar-refractivity contribution in [2.45, 2.75) is 26.8 Å². The molecule has 0 spiro atoms. The number of nitrogens with zero attached hydrogens (tertiary/aromatic N) is 2. The molecule has 154 valence electrons. The highest BCUT2D eigenvalue weighted by atomic mass is 32.1. The number of rotatable bonds is 6. The van der Waals surface area contributed by atoms with Gasteiger partial charge in [0.2, 0.25) is 0 Å². The zero-order chi connectivity index (χ0) is 20.4. The molecule has 3 aromatic rings. The Balaban J connectivity index is 1.70. The van der Waals surface area contributed by atoms with Crippen molar-refractivity contribution in [2.24, 2.45) is 0 Å². The molecule has 0 unspecified atom stereocenters. The lowest BCUT2D eigenvalue weighted by Gasteiger charge is -2.39. The summed E-state index contributed by atoms with van der Waals surface area (Å²) >= 11 is 4.93. The lowest BCUT2D eigenvalue weighted by molar-refractivity contribution is 0.102. The van der Waals surface area contributed by atoms with Crippen molar-refractivity contribution in [1.82, 2.24) is 9.80 Å². The Morgan fingerprint density at radius 3 is 2.59 bits per heavy atom. The van der Waals surface area contributed by atoms with Crippen LogP contribution in [0.1, 0.15) is 44.2 Å². The lowest BCUT2D eigenvalue weighted by atomic mass is 9.96. The number of nitrogens with one attached hydrogen (secondary N) is 1. The van der Waals surface area contributed by atoms with E-state index in [1.807, 2.05) is 17.5 Å². The maximum Gasteiger partial charge on any atom is 0.266 e. The molecule has 7 heteroatoms. The van der Waals surface area contributed by atoms with Gasteiger partial charge in [-0.2, -0.15) is 11.3 Å². The summed E-state index contributed by atoms with van der Waals surface area (Å²) < 4.78 is 0. The summed E-state index contributed by atoms with van der Waals surface area (Å²) in [5, 5.41) is 10.6. The number of anilines is 1. The highest BCUT2D eigenvalue weighted by Crippen LogP contribution is 2.43. The van der Waals surface area contributed by atoms with Crippen molar-refractivity contribution in [3.05, 3.63) is 60.8 Å². The molecule has 4 rings (SSSR count). The average molecular weight is 446 g/mol. The van der Waals surface area contributed by atoms with E-state index in [0.717, 1.165) is 42.6 Å². The van der Waals surface area contributed by atoms with Crippen LogP contribution < -0.4 is 5.32 Å². The van der Waals surface area contributed by atoms with Gasteiger partial charge in [-0.1, -0.05) is 13.0 Å². The van der Waals surface area contributed by atoms with Crippen molar-refractivity contribution in [3.8, 4) is 0 Å². The minimum Gasteiger partial charge on any atom is -0.313 e. The normalized spacial score (nSPS) is 16.8. The number of hydrogen-bond acceptors (Lipinski definition) is 6. The van der Waals surface area contributed by atoms with Crippen molar-refractivity contribution in [2.75, 3.05) is 38.0 Å². The fourth-order valence-electron chi connectivity index (χ4n) is 3.97. The number of thiophene rings is 3. The lowest BCUT2D eigenvalue weighted by Crippen LogP contribution is -2.47. The first kappa shape index (κ1) is 20.8. The van der Waals surface area contributed by atoms with Gasteiger partial charge in [-0.05, 0) is 59.8 Å². The van der Waals surface area contributed by atoms with E-state index in [1.165, 1.54) is 32.9 Å². The van der Waals surface area contributed by atoms with E-state index < -0.39 is 0 Å². The molecule has 1 saturated heterocycles. The van der Waals surface area contributed by atoms with Crippen LogP contribution in [0.4, 0.5) is 5.00 Å². The zero-order valence-electron chi connectivity index (χ0n) is 17.1. The van der Waals surface area contributed by atoms with E-state index in [1.54, 1.807) is 22.7 Å². The van der Waals surface area contributed by atoms with Gasteiger partial charge in [0.15, 0.2) is 0 Å². The largest absolute Gasteiger partial charge is 0.313 e. The third kappa shape index (κ3) is 4.34. The average Bonchev–Trinajstić information content (AvgIpc) is 3.49. The summed E-state index contributed by atoms with van der Waals surface area (Å²) in [6.45, 7) is 12.0. The second kappa shape index (κ2) is 9.10. The Hall–Kier alpha value is -1.51. The molecule has 0 aromatic carbocycles. The van der Waals surface area contributed by atoms with Crippen molar-refractivity contribution in [1.29, 1.82) is 0 Å². The molecular weight excluding hydrogens is 418 g/mol. The molecule has 1 atom stereocenters. The van der Waals surface area contributed by atoms with Gasteiger partial charge in [0.25, 0.3) is 5.91 Å². The molecule has 0 radical (unpaired) electrons. The fraction of sp³-hybridized carbons (Fsp3) is 0.409. The fourth-order valence-corrected chi connectivity index (χ4v) is 6.35. The van der Waals surface area contributed by atoms with E-state index in [0.29, 0.717) is 0 Å². The number of hydrogen-bond donors (Lipinski definition) is 1. The van der Waals surface area contributed by atoms with Gasteiger partial charge in [-0.25, -0.2) is 0 Å². The monoisotopic (exact) mass is 445 g/mol. The highest BCUT2D eigenvalue weighted by Gasteiger charge is 2.31. The van der Waals surface area contributed by atoms with E-state index in [9.17, 15) is 4.79 Å².